The Bertz CT molecular complexity index is 623. The Hall–Kier alpha value is -2.36. The Morgan fingerprint density at radius 2 is 1.90 bits per heavy atom. The molecule has 0 radical (unpaired) electrons. The van der Waals surface area contributed by atoms with E-state index in [4.69, 9.17) is 4.74 Å². The SMILES string of the molecule is Cc1cc(OC(C)C)ccc1NCc1cccc(O)c1O. The molecule has 0 unspecified atom stereocenters. The monoisotopic (exact) mass is 287 g/mol. The fourth-order valence-electron chi connectivity index (χ4n) is 2.09. The second kappa shape index (κ2) is 6.39. The van der Waals surface area contributed by atoms with E-state index in [2.05, 4.69) is 5.32 Å². The van der Waals surface area contributed by atoms with Crippen molar-refractivity contribution in [1.29, 1.82) is 0 Å². The minimum atomic E-state index is -0.105. The summed E-state index contributed by atoms with van der Waals surface area (Å²) in [7, 11) is 0. The second-order valence-corrected chi connectivity index (χ2v) is 5.28. The Labute approximate surface area is 125 Å². The predicted octanol–water partition coefficient (Wildman–Crippen LogP) is 3.81. The Balaban J connectivity index is 2.08. The van der Waals surface area contributed by atoms with E-state index in [1.807, 2.05) is 39.0 Å². The van der Waals surface area contributed by atoms with Gasteiger partial charge >= 0.3 is 0 Å². The van der Waals surface area contributed by atoms with Crippen molar-refractivity contribution < 1.29 is 14.9 Å². The fourth-order valence-corrected chi connectivity index (χ4v) is 2.09. The number of phenols is 2. The quantitative estimate of drug-likeness (QED) is 0.732. The van der Waals surface area contributed by atoms with Crippen LogP contribution in [0.1, 0.15) is 25.0 Å². The van der Waals surface area contributed by atoms with Gasteiger partial charge in [-0.05, 0) is 50.6 Å². The van der Waals surface area contributed by atoms with Crippen LogP contribution in [0.5, 0.6) is 17.2 Å². The van der Waals surface area contributed by atoms with Gasteiger partial charge in [-0.25, -0.2) is 0 Å². The summed E-state index contributed by atoms with van der Waals surface area (Å²) in [6.07, 6.45) is 0.146. The molecule has 0 aromatic heterocycles. The summed E-state index contributed by atoms with van der Waals surface area (Å²) in [4.78, 5) is 0. The van der Waals surface area contributed by atoms with Gasteiger partial charge in [0.1, 0.15) is 5.75 Å². The molecule has 0 aliphatic rings. The number of ether oxygens (including phenoxy) is 1. The van der Waals surface area contributed by atoms with Gasteiger partial charge in [-0.1, -0.05) is 12.1 Å². The Morgan fingerprint density at radius 3 is 2.57 bits per heavy atom. The van der Waals surface area contributed by atoms with Crippen LogP contribution in [0.25, 0.3) is 0 Å². The molecular formula is C17H21NO3. The molecule has 2 aromatic rings. The third-order valence-corrected chi connectivity index (χ3v) is 3.14. The number of hydrogen-bond acceptors (Lipinski definition) is 4. The summed E-state index contributed by atoms with van der Waals surface area (Å²) >= 11 is 0. The van der Waals surface area contributed by atoms with Gasteiger partial charge in [-0.2, -0.15) is 0 Å². The first-order chi connectivity index (χ1) is 9.97. The number of phenolic OH excluding ortho intramolecular Hbond substituents is 2. The molecule has 0 spiro atoms. The van der Waals surface area contributed by atoms with Crippen LogP contribution in [0.3, 0.4) is 0 Å². The van der Waals surface area contributed by atoms with E-state index in [0.29, 0.717) is 12.1 Å². The van der Waals surface area contributed by atoms with Crippen LogP contribution in [0.15, 0.2) is 36.4 Å². The minimum absolute atomic E-state index is 0.0811. The van der Waals surface area contributed by atoms with Crippen LogP contribution in [-0.4, -0.2) is 16.3 Å². The topological polar surface area (TPSA) is 61.7 Å². The lowest BCUT2D eigenvalue weighted by Crippen LogP contribution is -2.06. The molecule has 2 aromatic carbocycles. The first-order valence-electron chi connectivity index (χ1n) is 6.98. The minimum Gasteiger partial charge on any atom is -0.504 e. The van der Waals surface area contributed by atoms with Crippen molar-refractivity contribution in [1.82, 2.24) is 0 Å². The molecule has 0 aliphatic heterocycles. The van der Waals surface area contributed by atoms with E-state index in [1.54, 1.807) is 12.1 Å². The number of hydrogen-bond donors (Lipinski definition) is 3. The van der Waals surface area contributed by atoms with Gasteiger partial charge in [0, 0.05) is 17.8 Å². The highest BCUT2D eigenvalue weighted by Gasteiger charge is 2.07. The van der Waals surface area contributed by atoms with Gasteiger partial charge in [-0.3, -0.25) is 0 Å². The molecule has 0 aliphatic carbocycles. The van der Waals surface area contributed by atoms with E-state index in [-0.39, 0.29) is 17.6 Å². The van der Waals surface area contributed by atoms with Crippen molar-refractivity contribution in [2.75, 3.05) is 5.32 Å². The lowest BCUT2D eigenvalue weighted by atomic mass is 10.1. The molecule has 0 saturated heterocycles. The zero-order valence-corrected chi connectivity index (χ0v) is 12.6. The molecule has 4 nitrogen and oxygen atoms in total. The molecule has 4 heteroatoms. The zero-order chi connectivity index (χ0) is 15.4. The summed E-state index contributed by atoms with van der Waals surface area (Å²) in [5.41, 5.74) is 2.68. The summed E-state index contributed by atoms with van der Waals surface area (Å²) in [5, 5.41) is 22.5. The maximum atomic E-state index is 9.78. The highest BCUT2D eigenvalue weighted by Crippen LogP contribution is 2.29. The Kier molecular flexibility index (Phi) is 4.58. The van der Waals surface area contributed by atoms with Gasteiger partial charge in [-0.15, -0.1) is 0 Å². The largest absolute Gasteiger partial charge is 0.504 e. The van der Waals surface area contributed by atoms with Gasteiger partial charge < -0.3 is 20.3 Å². The van der Waals surface area contributed by atoms with Gasteiger partial charge in [0.25, 0.3) is 0 Å². The van der Waals surface area contributed by atoms with Crippen LogP contribution in [-0.2, 0) is 6.54 Å². The average molecular weight is 287 g/mol. The maximum absolute atomic E-state index is 9.78. The standard InChI is InChI=1S/C17H21NO3/c1-11(2)21-14-7-8-15(12(3)9-14)18-10-13-5-4-6-16(19)17(13)20/h4-9,11,18-20H,10H2,1-3H3. The normalized spacial score (nSPS) is 10.7. The van der Waals surface area contributed by atoms with Crippen molar-refractivity contribution in [2.45, 2.75) is 33.4 Å². The first kappa shape index (κ1) is 15.0. The molecule has 0 bridgehead atoms. The number of benzene rings is 2. The van der Waals surface area contributed by atoms with Gasteiger partial charge in [0.15, 0.2) is 11.5 Å². The molecule has 2 rings (SSSR count). The number of para-hydroxylation sites is 1. The molecule has 0 heterocycles. The summed E-state index contributed by atoms with van der Waals surface area (Å²) in [5.74, 6) is 0.655. The van der Waals surface area contributed by atoms with E-state index >= 15 is 0 Å². The zero-order valence-electron chi connectivity index (χ0n) is 12.6. The molecule has 21 heavy (non-hydrogen) atoms. The van der Waals surface area contributed by atoms with Gasteiger partial charge in [0.2, 0.25) is 0 Å². The first-order valence-corrected chi connectivity index (χ1v) is 6.98. The van der Waals surface area contributed by atoms with Crippen LogP contribution < -0.4 is 10.1 Å². The smallest absolute Gasteiger partial charge is 0.162 e. The molecule has 0 saturated carbocycles. The molecule has 0 fully saturated rings. The molecule has 0 amide bonds. The van der Waals surface area contributed by atoms with Crippen molar-refractivity contribution in [3.63, 3.8) is 0 Å². The summed E-state index contributed by atoms with van der Waals surface area (Å²) < 4.78 is 5.65. The number of aromatic hydroxyl groups is 2. The molecule has 0 atom stereocenters. The highest BCUT2D eigenvalue weighted by molar-refractivity contribution is 5.55. The number of nitrogens with one attached hydrogen (secondary N) is 1. The van der Waals surface area contributed by atoms with E-state index in [0.717, 1.165) is 17.0 Å². The van der Waals surface area contributed by atoms with Crippen molar-refractivity contribution in [3.05, 3.63) is 47.5 Å². The summed E-state index contributed by atoms with van der Waals surface area (Å²) in [6, 6.07) is 10.8. The van der Waals surface area contributed by atoms with E-state index in [9.17, 15) is 10.2 Å². The maximum Gasteiger partial charge on any atom is 0.162 e. The average Bonchev–Trinajstić information content (AvgIpc) is 2.41. The van der Waals surface area contributed by atoms with E-state index < -0.39 is 0 Å². The Morgan fingerprint density at radius 1 is 1.14 bits per heavy atom. The predicted molar refractivity (Wildman–Crippen MR) is 84.0 cm³/mol. The van der Waals surface area contributed by atoms with Crippen molar-refractivity contribution in [3.8, 4) is 17.2 Å². The lowest BCUT2D eigenvalue weighted by Gasteiger charge is -2.14. The van der Waals surface area contributed by atoms with Crippen LogP contribution in [0.2, 0.25) is 0 Å². The van der Waals surface area contributed by atoms with Crippen molar-refractivity contribution in [2.24, 2.45) is 0 Å². The molecule has 3 N–H and O–H groups in total. The fraction of sp³-hybridized carbons (Fsp3) is 0.294. The van der Waals surface area contributed by atoms with Crippen molar-refractivity contribution >= 4 is 5.69 Å². The number of aryl methyl sites for hydroxylation is 1. The van der Waals surface area contributed by atoms with E-state index in [1.165, 1.54) is 6.07 Å². The van der Waals surface area contributed by atoms with Gasteiger partial charge in [0.05, 0.1) is 6.10 Å². The summed E-state index contributed by atoms with van der Waals surface area (Å²) in [6.45, 7) is 6.42. The third kappa shape index (κ3) is 3.81. The lowest BCUT2D eigenvalue weighted by molar-refractivity contribution is 0.242. The number of rotatable bonds is 5. The second-order valence-electron chi connectivity index (χ2n) is 5.28. The molecular weight excluding hydrogens is 266 g/mol. The highest BCUT2D eigenvalue weighted by atomic mass is 16.5. The molecule has 112 valence electrons. The number of anilines is 1. The third-order valence-electron chi connectivity index (χ3n) is 3.14. The van der Waals surface area contributed by atoms with Crippen LogP contribution in [0, 0.1) is 6.92 Å². The van der Waals surface area contributed by atoms with Crippen LogP contribution >= 0.6 is 0 Å². The van der Waals surface area contributed by atoms with Crippen LogP contribution in [0.4, 0.5) is 5.69 Å².